The average molecular weight is 398 g/mol. The van der Waals surface area contributed by atoms with Gasteiger partial charge >= 0.3 is 5.97 Å². The van der Waals surface area contributed by atoms with Gasteiger partial charge in [0.15, 0.2) is 6.10 Å². The highest BCUT2D eigenvalue weighted by Crippen LogP contribution is 2.30. The van der Waals surface area contributed by atoms with E-state index in [-0.39, 0.29) is 5.91 Å². The predicted molar refractivity (Wildman–Crippen MR) is 111 cm³/mol. The van der Waals surface area contributed by atoms with E-state index >= 15 is 0 Å². The number of esters is 1. The summed E-state index contributed by atoms with van der Waals surface area (Å²) in [4.78, 5) is 26.9. The lowest BCUT2D eigenvalue weighted by Gasteiger charge is -2.23. The van der Waals surface area contributed by atoms with E-state index in [0.717, 1.165) is 31.6 Å². The largest absolute Gasteiger partial charge is 0.497 e. The summed E-state index contributed by atoms with van der Waals surface area (Å²) in [5.74, 6) is 0.528. The monoisotopic (exact) mass is 398 g/mol. The Labute approximate surface area is 170 Å². The second-order valence-corrected chi connectivity index (χ2v) is 6.84. The Bertz CT molecular complexity index is 860. The van der Waals surface area contributed by atoms with Crippen LogP contribution in [0.15, 0.2) is 42.5 Å². The molecule has 1 atom stereocenters. The third kappa shape index (κ3) is 4.99. The van der Waals surface area contributed by atoms with E-state index < -0.39 is 12.1 Å². The van der Waals surface area contributed by atoms with Crippen LogP contribution in [-0.2, 0) is 9.53 Å². The second kappa shape index (κ2) is 9.32. The summed E-state index contributed by atoms with van der Waals surface area (Å²) in [5.41, 5.74) is 1.85. The molecule has 0 aliphatic carbocycles. The molecule has 0 bridgehead atoms. The third-order valence-corrected chi connectivity index (χ3v) is 4.86. The molecule has 1 saturated heterocycles. The molecular formula is C22H26N2O5. The number of carbonyl (C=O) groups excluding carboxylic acids is 2. The zero-order chi connectivity index (χ0) is 20.8. The van der Waals surface area contributed by atoms with Crippen LogP contribution < -0.4 is 19.7 Å². The minimum atomic E-state index is -0.725. The van der Waals surface area contributed by atoms with Gasteiger partial charge in [-0.15, -0.1) is 0 Å². The van der Waals surface area contributed by atoms with Crippen molar-refractivity contribution in [3.63, 3.8) is 0 Å². The molecule has 7 nitrogen and oxygen atoms in total. The van der Waals surface area contributed by atoms with Gasteiger partial charge in [0.25, 0.3) is 5.91 Å². The predicted octanol–water partition coefficient (Wildman–Crippen LogP) is 3.49. The van der Waals surface area contributed by atoms with E-state index in [2.05, 4.69) is 10.2 Å². The first kappa shape index (κ1) is 20.5. The molecule has 154 valence electrons. The number of anilines is 2. The number of hydrogen-bond donors (Lipinski definition) is 1. The summed E-state index contributed by atoms with van der Waals surface area (Å²) in [6, 6.07) is 12.2. The van der Waals surface area contributed by atoms with Crippen LogP contribution >= 0.6 is 0 Å². The maximum absolute atomic E-state index is 12.8. The van der Waals surface area contributed by atoms with Gasteiger partial charge in [-0.05, 0) is 62.2 Å². The Morgan fingerprint density at radius 1 is 1.00 bits per heavy atom. The van der Waals surface area contributed by atoms with Gasteiger partial charge in [0.05, 0.1) is 31.2 Å². The van der Waals surface area contributed by atoms with Gasteiger partial charge in [-0.3, -0.25) is 4.79 Å². The molecular weight excluding hydrogens is 372 g/mol. The van der Waals surface area contributed by atoms with E-state index in [1.165, 1.54) is 7.11 Å². The molecule has 1 aliphatic heterocycles. The van der Waals surface area contributed by atoms with Crippen molar-refractivity contribution in [2.45, 2.75) is 25.9 Å². The lowest BCUT2D eigenvalue weighted by Crippen LogP contribution is -2.31. The van der Waals surface area contributed by atoms with Crippen LogP contribution in [0.25, 0.3) is 0 Å². The molecule has 7 heteroatoms. The number of rotatable bonds is 7. The van der Waals surface area contributed by atoms with Crippen molar-refractivity contribution in [2.24, 2.45) is 0 Å². The first-order valence-corrected chi connectivity index (χ1v) is 9.60. The van der Waals surface area contributed by atoms with Gasteiger partial charge in [-0.2, -0.15) is 0 Å². The number of nitrogens with one attached hydrogen (secondary N) is 1. The summed E-state index contributed by atoms with van der Waals surface area (Å²) in [6.45, 7) is 3.51. The minimum Gasteiger partial charge on any atom is -0.497 e. The Kier molecular flexibility index (Phi) is 6.59. The van der Waals surface area contributed by atoms with Crippen molar-refractivity contribution in [3.05, 3.63) is 48.0 Å². The Balaban J connectivity index is 1.76. The maximum Gasteiger partial charge on any atom is 0.337 e. The Morgan fingerprint density at radius 2 is 1.66 bits per heavy atom. The van der Waals surface area contributed by atoms with Crippen LogP contribution in [0.4, 0.5) is 11.4 Å². The van der Waals surface area contributed by atoms with Gasteiger partial charge in [0.1, 0.15) is 11.5 Å². The van der Waals surface area contributed by atoms with E-state index in [0.29, 0.717) is 22.7 Å². The molecule has 0 radical (unpaired) electrons. The second-order valence-electron chi connectivity index (χ2n) is 6.84. The molecule has 2 aromatic rings. The number of methoxy groups -OCH3 is 2. The molecule has 1 N–H and O–H groups in total. The van der Waals surface area contributed by atoms with Crippen LogP contribution in [-0.4, -0.2) is 45.3 Å². The molecule has 1 amide bonds. The molecule has 3 rings (SSSR count). The first-order chi connectivity index (χ1) is 14.0. The molecule has 1 fully saturated rings. The van der Waals surface area contributed by atoms with Crippen LogP contribution in [0, 0.1) is 0 Å². The zero-order valence-corrected chi connectivity index (χ0v) is 16.9. The standard InChI is InChI=1S/C22H26N2O5/c1-15(29-18-9-7-17(27-2)8-10-18)21(25)23-19-14-16(22(26)28-3)6-11-20(19)24-12-4-5-13-24/h6-11,14-15H,4-5,12-13H2,1-3H3,(H,23,25). The van der Waals surface area contributed by atoms with Gasteiger partial charge in [-0.25, -0.2) is 4.79 Å². The molecule has 0 saturated carbocycles. The van der Waals surface area contributed by atoms with E-state index in [9.17, 15) is 9.59 Å². The van der Waals surface area contributed by atoms with Gasteiger partial charge in [-0.1, -0.05) is 0 Å². The summed E-state index contributed by atoms with van der Waals surface area (Å²) in [6.07, 6.45) is 1.48. The van der Waals surface area contributed by atoms with Crippen LogP contribution in [0.5, 0.6) is 11.5 Å². The Hall–Kier alpha value is -3.22. The van der Waals surface area contributed by atoms with Crippen molar-refractivity contribution in [1.29, 1.82) is 0 Å². The SMILES string of the molecule is COC(=O)c1ccc(N2CCCC2)c(NC(=O)C(C)Oc2ccc(OC)cc2)c1. The molecule has 2 aromatic carbocycles. The van der Waals surface area contributed by atoms with Crippen molar-refractivity contribution in [2.75, 3.05) is 37.5 Å². The van der Waals surface area contributed by atoms with Crippen LogP contribution in [0.3, 0.4) is 0 Å². The van der Waals surface area contributed by atoms with Gasteiger partial charge in [0.2, 0.25) is 0 Å². The topological polar surface area (TPSA) is 77.1 Å². The molecule has 1 heterocycles. The summed E-state index contributed by atoms with van der Waals surface area (Å²) in [7, 11) is 2.92. The zero-order valence-electron chi connectivity index (χ0n) is 16.9. The van der Waals surface area contributed by atoms with Crippen molar-refractivity contribution in [1.82, 2.24) is 0 Å². The third-order valence-electron chi connectivity index (χ3n) is 4.86. The van der Waals surface area contributed by atoms with Gasteiger partial charge < -0.3 is 24.4 Å². The van der Waals surface area contributed by atoms with Crippen molar-refractivity contribution >= 4 is 23.3 Å². The number of ether oxygens (including phenoxy) is 3. The van der Waals surface area contributed by atoms with Crippen LogP contribution in [0.2, 0.25) is 0 Å². The fourth-order valence-corrected chi connectivity index (χ4v) is 3.26. The molecule has 1 unspecified atom stereocenters. The smallest absolute Gasteiger partial charge is 0.337 e. The molecule has 29 heavy (non-hydrogen) atoms. The van der Waals surface area contributed by atoms with E-state index in [1.54, 1.807) is 50.4 Å². The number of benzene rings is 2. The lowest BCUT2D eigenvalue weighted by atomic mass is 10.1. The fourth-order valence-electron chi connectivity index (χ4n) is 3.26. The molecule has 0 aromatic heterocycles. The highest BCUT2D eigenvalue weighted by Gasteiger charge is 2.21. The maximum atomic E-state index is 12.8. The van der Waals surface area contributed by atoms with Crippen molar-refractivity contribution in [3.8, 4) is 11.5 Å². The summed E-state index contributed by atoms with van der Waals surface area (Å²) >= 11 is 0. The number of nitrogens with zero attached hydrogens (tertiary/aromatic N) is 1. The van der Waals surface area contributed by atoms with Gasteiger partial charge in [0, 0.05) is 13.1 Å². The first-order valence-electron chi connectivity index (χ1n) is 9.60. The molecule has 0 spiro atoms. The lowest BCUT2D eigenvalue weighted by molar-refractivity contribution is -0.122. The number of amides is 1. The normalized spacial score (nSPS) is 14.2. The van der Waals surface area contributed by atoms with E-state index in [4.69, 9.17) is 14.2 Å². The van der Waals surface area contributed by atoms with E-state index in [1.807, 2.05) is 6.07 Å². The van der Waals surface area contributed by atoms with Crippen molar-refractivity contribution < 1.29 is 23.8 Å². The minimum absolute atomic E-state index is 0.303. The summed E-state index contributed by atoms with van der Waals surface area (Å²) in [5, 5.41) is 2.91. The van der Waals surface area contributed by atoms with Crippen LogP contribution in [0.1, 0.15) is 30.1 Å². The highest BCUT2D eigenvalue weighted by atomic mass is 16.5. The quantitative estimate of drug-likeness (QED) is 0.720. The Morgan fingerprint density at radius 3 is 2.28 bits per heavy atom. The summed E-state index contributed by atoms with van der Waals surface area (Å²) < 4.78 is 15.7. The molecule has 1 aliphatic rings. The fraction of sp³-hybridized carbons (Fsp3) is 0.364. The highest BCUT2D eigenvalue weighted by molar-refractivity contribution is 5.99. The average Bonchev–Trinajstić information content (AvgIpc) is 3.28. The number of carbonyl (C=O) groups is 2. The number of hydrogen-bond acceptors (Lipinski definition) is 6.